The van der Waals surface area contributed by atoms with E-state index < -0.39 is 0 Å². The number of ether oxygens (including phenoxy) is 1. The Morgan fingerprint density at radius 2 is 1.82 bits per heavy atom. The van der Waals surface area contributed by atoms with Crippen LogP contribution in [0.1, 0.15) is 18.4 Å². The summed E-state index contributed by atoms with van der Waals surface area (Å²) in [4.78, 5) is 12.0. The van der Waals surface area contributed by atoms with Crippen molar-refractivity contribution in [2.45, 2.75) is 19.3 Å². The van der Waals surface area contributed by atoms with Gasteiger partial charge >= 0.3 is 0 Å². The number of carbonyl (C=O) groups is 1. The van der Waals surface area contributed by atoms with Crippen LogP contribution in [0.4, 0.5) is 5.69 Å². The van der Waals surface area contributed by atoms with Crippen LogP contribution in [-0.2, 0) is 11.2 Å². The van der Waals surface area contributed by atoms with Crippen molar-refractivity contribution in [2.24, 2.45) is 0 Å². The van der Waals surface area contributed by atoms with Crippen molar-refractivity contribution in [2.75, 3.05) is 11.9 Å². The Morgan fingerprint density at radius 3 is 2.59 bits per heavy atom. The van der Waals surface area contributed by atoms with Gasteiger partial charge in [0.15, 0.2) is 0 Å². The third kappa shape index (κ3) is 5.09. The molecule has 0 fully saturated rings. The van der Waals surface area contributed by atoms with Gasteiger partial charge in [-0.25, -0.2) is 0 Å². The summed E-state index contributed by atoms with van der Waals surface area (Å²) < 4.78 is 5.53. The molecule has 0 unspecified atom stereocenters. The number of hydrogen-bond acceptors (Lipinski definition) is 2. The minimum atomic E-state index is 0.00517. The van der Waals surface area contributed by atoms with E-state index in [4.69, 9.17) is 4.74 Å². The lowest BCUT2D eigenvalue weighted by Gasteiger charge is -2.11. The van der Waals surface area contributed by atoms with E-state index in [2.05, 4.69) is 24.0 Å². The molecule has 0 saturated heterocycles. The highest BCUT2D eigenvalue weighted by Crippen LogP contribution is 2.24. The molecule has 0 atom stereocenters. The summed E-state index contributed by atoms with van der Waals surface area (Å²) >= 11 is 0. The van der Waals surface area contributed by atoms with Crippen molar-refractivity contribution >= 4 is 11.6 Å². The third-order valence-electron chi connectivity index (χ3n) is 3.23. The van der Waals surface area contributed by atoms with Gasteiger partial charge in [-0.3, -0.25) is 4.79 Å². The van der Waals surface area contributed by atoms with Gasteiger partial charge in [-0.2, -0.15) is 0 Å². The van der Waals surface area contributed by atoms with Crippen LogP contribution < -0.4 is 10.1 Å². The average molecular weight is 295 g/mol. The SMILES string of the molecule is C=CCOc1ccccc1NC(=O)CCCc1ccccc1. The Hall–Kier alpha value is -2.55. The number of para-hydroxylation sites is 2. The van der Waals surface area contributed by atoms with Gasteiger partial charge in [-0.15, -0.1) is 0 Å². The van der Waals surface area contributed by atoms with Crippen LogP contribution in [0.3, 0.4) is 0 Å². The minimum Gasteiger partial charge on any atom is -0.487 e. The fourth-order valence-corrected chi connectivity index (χ4v) is 2.15. The molecule has 0 heterocycles. The van der Waals surface area contributed by atoms with E-state index in [1.807, 2.05) is 42.5 Å². The van der Waals surface area contributed by atoms with Crippen molar-refractivity contribution in [3.8, 4) is 5.75 Å². The molecule has 114 valence electrons. The second-order valence-corrected chi connectivity index (χ2v) is 4.98. The molecule has 2 aromatic carbocycles. The number of anilines is 1. The molecule has 1 amide bonds. The molecule has 3 nitrogen and oxygen atoms in total. The average Bonchev–Trinajstić information content (AvgIpc) is 2.55. The van der Waals surface area contributed by atoms with E-state index in [9.17, 15) is 4.79 Å². The van der Waals surface area contributed by atoms with E-state index in [0.717, 1.165) is 12.8 Å². The summed E-state index contributed by atoms with van der Waals surface area (Å²) in [6.45, 7) is 4.04. The van der Waals surface area contributed by atoms with Gasteiger partial charge in [0.2, 0.25) is 5.91 Å². The van der Waals surface area contributed by atoms with E-state index in [1.165, 1.54) is 5.56 Å². The van der Waals surface area contributed by atoms with Gasteiger partial charge in [-0.1, -0.05) is 55.1 Å². The zero-order chi connectivity index (χ0) is 15.6. The zero-order valence-electron chi connectivity index (χ0n) is 12.6. The molecule has 0 aliphatic carbocycles. The quantitative estimate of drug-likeness (QED) is 0.741. The Labute approximate surface area is 131 Å². The van der Waals surface area contributed by atoms with Crippen molar-refractivity contribution in [1.29, 1.82) is 0 Å². The predicted octanol–water partition coefficient (Wildman–Crippen LogP) is 4.21. The smallest absolute Gasteiger partial charge is 0.224 e. The molecule has 22 heavy (non-hydrogen) atoms. The summed E-state index contributed by atoms with van der Waals surface area (Å²) in [7, 11) is 0. The maximum absolute atomic E-state index is 12.0. The fraction of sp³-hybridized carbons (Fsp3) is 0.211. The van der Waals surface area contributed by atoms with Crippen molar-refractivity contribution in [3.05, 3.63) is 72.8 Å². The van der Waals surface area contributed by atoms with Crippen LogP contribution in [0.15, 0.2) is 67.3 Å². The molecule has 0 bridgehead atoms. The van der Waals surface area contributed by atoms with Crippen molar-refractivity contribution in [1.82, 2.24) is 0 Å². The fourth-order valence-electron chi connectivity index (χ4n) is 2.15. The van der Waals surface area contributed by atoms with Gasteiger partial charge in [0.25, 0.3) is 0 Å². The molecule has 0 spiro atoms. The van der Waals surface area contributed by atoms with Crippen LogP contribution >= 0.6 is 0 Å². The molecule has 0 radical (unpaired) electrons. The maximum Gasteiger partial charge on any atom is 0.224 e. The number of aryl methyl sites for hydroxylation is 1. The van der Waals surface area contributed by atoms with Crippen LogP contribution in [0.25, 0.3) is 0 Å². The Morgan fingerprint density at radius 1 is 1.09 bits per heavy atom. The Kier molecular flexibility index (Phi) is 6.24. The first-order valence-electron chi connectivity index (χ1n) is 7.46. The van der Waals surface area contributed by atoms with E-state index >= 15 is 0 Å². The number of hydrogen-bond donors (Lipinski definition) is 1. The van der Waals surface area contributed by atoms with Crippen LogP contribution in [0.2, 0.25) is 0 Å². The first-order valence-corrected chi connectivity index (χ1v) is 7.46. The number of amides is 1. The molecular weight excluding hydrogens is 274 g/mol. The summed E-state index contributed by atoms with van der Waals surface area (Å²) in [6, 6.07) is 17.6. The summed E-state index contributed by atoms with van der Waals surface area (Å²) in [5.41, 5.74) is 1.96. The van der Waals surface area contributed by atoms with Crippen LogP contribution in [0, 0.1) is 0 Å². The second kappa shape index (κ2) is 8.67. The van der Waals surface area contributed by atoms with Gasteiger partial charge in [0, 0.05) is 6.42 Å². The lowest BCUT2D eigenvalue weighted by molar-refractivity contribution is -0.116. The summed E-state index contributed by atoms with van der Waals surface area (Å²) in [6.07, 6.45) is 3.90. The number of rotatable bonds is 8. The standard InChI is InChI=1S/C19H21NO2/c1-2-15-22-18-13-7-6-12-17(18)20-19(21)14-8-11-16-9-4-3-5-10-16/h2-7,9-10,12-13H,1,8,11,14-15H2,(H,20,21). The van der Waals surface area contributed by atoms with Gasteiger partial charge < -0.3 is 10.1 Å². The Balaban J connectivity index is 1.83. The minimum absolute atomic E-state index is 0.00517. The zero-order valence-corrected chi connectivity index (χ0v) is 12.6. The van der Waals surface area contributed by atoms with E-state index in [-0.39, 0.29) is 5.91 Å². The van der Waals surface area contributed by atoms with Crippen molar-refractivity contribution in [3.63, 3.8) is 0 Å². The lowest BCUT2D eigenvalue weighted by atomic mass is 10.1. The number of carbonyl (C=O) groups excluding carboxylic acids is 1. The normalized spacial score (nSPS) is 10.0. The summed E-state index contributed by atoms with van der Waals surface area (Å²) in [5.74, 6) is 0.671. The van der Waals surface area contributed by atoms with Gasteiger partial charge in [0.1, 0.15) is 12.4 Å². The highest BCUT2D eigenvalue weighted by molar-refractivity contribution is 5.92. The third-order valence-corrected chi connectivity index (χ3v) is 3.23. The first-order chi connectivity index (χ1) is 10.8. The van der Waals surface area contributed by atoms with Gasteiger partial charge in [-0.05, 0) is 30.5 Å². The molecular formula is C19H21NO2. The predicted molar refractivity (Wildman–Crippen MR) is 90.1 cm³/mol. The molecule has 2 aromatic rings. The molecule has 0 aliphatic rings. The van der Waals surface area contributed by atoms with E-state index in [0.29, 0.717) is 24.5 Å². The first kappa shape index (κ1) is 15.8. The van der Waals surface area contributed by atoms with Crippen LogP contribution in [-0.4, -0.2) is 12.5 Å². The molecule has 0 aromatic heterocycles. The molecule has 1 N–H and O–H groups in total. The molecule has 2 rings (SSSR count). The highest BCUT2D eigenvalue weighted by atomic mass is 16.5. The highest BCUT2D eigenvalue weighted by Gasteiger charge is 2.07. The van der Waals surface area contributed by atoms with E-state index in [1.54, 1.807) is 6.08 Å². The van der Waals surface area contributed by atoms with Crippen LogP contribution in [0.5, 0.6) is 5.75 Å². The Bertz CT molecular complexity index is 608. The monoisotopic (exact) mass is 295 g/mol. The molecule has 3 heteroatoms. The largest absolute Gasteiger partial charge is 0.487 e. The topological polar surface area (TPSA) is 38.3 Å². The number of benzene rings is 2. The summed E-state index contributed by atoms with van der Waals surface area (Å²) in [5, 5.41) is 2.91. The molecule has 0 saturated carbocycles. The number of nitrogens with one attached hydrogen (secondary N) is 1. The maximum atomic E-state index is 12.0. The van der Waals surface area contributed by atoms with Crippen molar-refractivity contribution < 1.29 is 9.53 Å². The lowest BCUT2D eigenvalue weighted by Crippen LogP contribution is -2.12. The van der Waals surface area contributed by atoms with Gasteiger partial charge in [0.05, 0.1) is 5.69 Å². The second-order valence-electron chi connectivity index (χ2n) is 4.98. The molecule has 0 aliphatic heterocycles.